The molecule has 4 rings (SSSR count). The Labute approximate surface area is 251 Å². The van der Waals surface area contributed by atoms with Crippen LogP contribution in [0.25, 0.3) is 6.08 Å². The summed E-state index contributed by atoms with van der Waals surface area (Å²) >= 11 is 2.26. The Hall–Kier alpha value is -3.01. The highest BCUT2D eigenvalue weighted by Crippen LogP contribution is 2.28. The van der Waals surface area contributed by atoms with Gasteiger partial charge in [0.1, 0.15) is 0 Å². The first-order valence-corrected chi connectivity index (χ1v) is 15.0. The van der Waals surface area contributed by atoms with Crippen molar-refractivity contribution in [2.45, 2.75) is 50.2 Å². The maximum absolute atomic E-state index is 13.8. The monoisotopic (exact) mass is 650 g/mol. The van der Waals surface area contributed by atoms with E-state index in [1.165, 1.54) is 11.1 Å². The number of halogens is 1. The predicted octanol–water partition coefficient (Wildman–Crippen LogP) is 4.94. The van der Waals surface area contributed by atoms with Crippen LogP contribution in [-0.2, 0) is 9.59 Å². The zero-order chi connectivity index (χ0) is 28.5. The van der Waals surface area contributed by atoms with Gasteiger partial charge in [-0.15, -0.1) is 0 Å². The maximum Gasteiger partial charge on any atom is 0.244 e. The van der Waals surface area contributed by atoms with Crippen LogP contribution in [0.2, 0.25) is 0 Å². The Bertz CT molecular complexity index is 1240. The van der Waals surface area contributed by atoms with Gasteiger partial charge in [-0.2, -0.15) is 0 Å². The Morgan fingerprint density at radius 3 is 2.23 bits per heavy atom. The van der Waals surface area contributed by atoms with E-state index in [9.17, 15) is 9.59 Å². The van der Waals surface area contributed by atoms with Crippen LogP contribution in [0.5, 0.6) is 0 Å². The molecule has 1 aliphatic heterocycles. The Morgan fingerprint density at radius 1 is 1.05 bits per heavy atom. The van der Waals surface area contributed by atoms with Gasteiger partial charge in [-0.25, -0.2) is 0 Å². The number of nitrogens with two attached hydrogens (primary N) is 1. The first-order valence-electron chi connectivity index (χ1n) is 13.9. The molecule has 1 heterocycles. The van der Waals surface area contributed by atoms with Gasteiger partial charge in [0.2, 0.25) is 11.8 Å². The molecular weight excluding hydrogens is 611 g/mol. The van der Waals surface area contributed by atoms with Crippen molar-refractivity contribution in [3.63, 3.8) is 0 Å². The molecule has 0 aliphatic carbocycles. The smallest absolute Gasteiger partial charge is 0.244 e. The zero-order valence-corrected chi connectivity index (χ0v) is 25.4. The molecule has 0 bridgehead atoms. The topological polar surface area (TPSA) is 87.5 Å². The van der Waals surface area contributed by atoms with Crippen molar-refractivity contribution in [1.29, 1.82) is 0 Å². The van der Waals surface area contributed by atoms with Crippen molar-refractivity contribution in [3.05, 3.63) is 111 Å². The minimum Gasteiger partial charge on any atom is -0.346 e. The number of carbonyl (C=O) groups is 2. The van der Waals surface area contributed by atoms with E-state index in [2.05, 4.69) is 57.5 Å². The molecule has 0 aromatic heterocycles. The normalized spacial score (nSPS) is 18.2. The maximum atomic E-state index is 13.8. The lowest BCUT2D eigenvalue weighted by Crippen LogP contribution is -2.60. The lowest BCUT2D eigenvalue weighted by atomic mass is 9.90. The number of nitrogens with one attached hydrogen (secondary N) is 2. The van der Waals surface area contributed by atoms with E-state index < -0.39 is 11.6 Å². The van der Waals surface area contributed by atoms with Gasteiger partial charge in [0.05, 0.1) is 11.6 Å². The quantitative estimate of drug-likeness (QED) is 0.215. The zero-order valence-electron chi connectivity index (χ0n) is 23.2. The van der Waals surface area contributed by atoms with Crippen molar-refractivity contribution < 1.29 is 9.59 Å². The highest BCUT2D eigenvalue weighted by atomic mass is 127. The number of hydrogen-bond donors (Lipinski definition) is 3. The molecule has 3 aromatic carbocycles. The SMILES string of the molecule is CC(C)(NC(=O)/C=C/c1ccc(I)cc1)[C@@H]1CCN(CC(c2ccccc2)c2ccccc2)C(=O)[C@H](CCN)N1. The average molecular weight is 651 g/mol. The van der Waals surface area contributed by atoms with Gasteiger partial charge in [-0.05, 0) is 90.7 Å². The summed E-state index contributed by atoms with van der Waals surface area (Å²) in [6.07, 6.45) is 4.62. The van der Waals surface area contributed by atoms with E-state index in [0.29, 0.717) is 32.5 Å². The number of rotatable bonds is 10. The molecule has 1 saturated heterocycles. The second-order valence-electron chi connectivity index (χ2n) is 10.9. The van der Waals surface area contributed by atoms with Gasteiger partial charge in [0, 0.05) is 34.7 Å². The first kappa shape index (κ1) is 30.0. The molecule has 6 nitrogen and oxygen atoms in total. The Balaban J connectivity index is 1.50. The van der Waals surface area contributed by atoms with Crippen LogP contribution in [0.3, 0.4) is 0 Å². The van der Waals surface area contributed by atoms with Crippen LogP contribution >= 0.6 is 22.6 Å². The number of benzene rings is 3. The highest BCUT2D eigenvalue weighted by molar-refractivity contribution is 14.1. The summed E-state index contributed by atoms with van der Waals surface area (Å²) in [6, 6.07) is 28.2. The van der Waals surface area contributed by atoms with Crippen molar-refractivity contribution in [2.75, 3.05) is 19.6 Å². The number of carbonyl (C=O) groups excluding carboxylic acids is 2. The minimum absolute atomic E-state index is 0.0561. The van der Waals surface area contributed by atoms with Crippen LogP contribution in [-0.4, -0.2) is 54.0 Å². The molecule has 40 heavy (non-hydrogen) atoms. The second-order valence-corrected chi connectivity index (χ2v) is 12.1. The van der Waals surface area contributed by atoms with Crippen LogP contribution in [0, 0.1) is 3.57 Å². The summed E-state index contributed by atoms with van der Waals surface area (Å²) in [5, 5.41) is 6.73. The standard InChI is InChI=1S/C33H39IN4O2/c1-33(2,37-31(39)18-15-24-13-16-27(34)17-14-24)30-20-22-38(32(40)29(36-30)19-21-35)23-28(25-9-5-3-6-10-25)26-11-7-4-8-12-26/h3-18,28-30,36H,19-23,35H2,1-2H3,(H,37,39)/b18-15+/t29-,30-/m0/s1. The highest BCUT2D eigenvalue weighted by Gasteiger charge is 2.38. The number of amides is 2. The summed E-state index contributed by atoms with van der Waals surface area (Å²) in [5.74, 6) is -0.0486. The molecule has 0 radical (unpaired) electrons. The largest absolute Gasteiger partial charge is 0.346 e. The number of nitrogens with zero attached hydrogens (tertiary/aromatic N) is 1. The lowest BCUT2D eigenvalue weighted by molar-refractivity contribution is -0.133. The molecular formula is C33H39IN4O2. The van der Waals surface area contributed by atoms with Crippen LogP contribution in [0.4, 0.5) is 0 Å². The molecule has 3 aromatic rings. The third-order valence-corrected chi connectivity index (χ3v) is 8.29. The van der Waals surface area contributed by atoms with E-state index in [4.69, 9.17) is 5.73 Å². The van der Waals surface area contributed by atoms with Crippen molar-refractivity contribution >= 4 is 40.5 Å². The summed E-state index contributed by atoms with van der Waals surface area (Å²) < 4.78 is 1.15. The van der Waals surface area contributed by atoms with E-state index in [1.54, 1.807) is 6.08 Å². The Morgan fingerprint density at radius 2 is 1.65 bits per heavy atom. The van der Waals surface area contributed by atoms with Gasteiger partial charge >= 0.3 is 0 Å². The molecule has 1 fully saturated rings. The molecule has 2 atom stereocenters. The summed E-state index contributed by atoms with van der Waals surface area (Å²) in [4.78, 5) is 28.7. The first-order chi connectivity index (χ1) is 19.3. The Kier molecular flexibility index (Phi) is 10.5. The van der Waals surface area contributed by atoms with Crippen LogP contribution in [0.1, 0.15) is 49.3 Å². The van der Waals surface area contributed by atoms with Crippen LogP contribution in [0.15, 0.2) is 91.0 Å². The fourth-order valence-corrected chi connectivity index (χ4v) is 5.68. The van der Waals surface area contributed by atoms with E-state index in [1.807, 2.05) is 85.5 Å². The van der Waals surface area contributed by atoms with E-state index in [-0.39, 0.29) is 23.8 Å². The molecule has 0 spiro atoms. The molecule has 4 N–H and O–H groups in total. The van der Waals surface area contributed by atoms with Gasteiger partial charge in [-0.1, -0.05) is 72.8 Å². The summed E-state index contributed by atoms with van der Waals surface area (Å²) in [5.41, 5.74) is 8.69. The van der Waals surface area contributed by atoms with Crippen LogP contribution < -0.4 is 16.4 Å². The summed E-state index contributed by atoms with van der Waals surface area (Å²) in [7, 11) is 0. The van der Waals surface area contributed by atoms with Gasteiger partial charge in [-0.3, -0.25) is 9.59 Å². The minimum atomic E-state index is -0.588. The molecule has 210 valence electrons. The van der Waals surface area contributed by atoms with Crippen molar-refractivity contribution in [3.8, 4) is 0 Å². The van der Waals surface area contributed by atoms with Gasteiger partial charge in [0.25, 0.3) is 0 Å². The van der Waals surface area contributed by atoms with Crippen molar-refractivity contribution in [1.82, 2.24) is 15.5 Å². The molecule has 0 unspecified atom stereocenters. The summed E-state index contributed by atoms with van der Waals surface area (Å²) in [6.45, 7) is 5.59. The molecule has 0 saturated carbocycles. The fraction of sp³-hybridized carbons (Fsp3) is 0.333. The average Bonchev–Trinajstić information content (AvgIpc) is 3.11. The van der Waals surface area contributed by atoms with Crippen molar-refractivity contribution in [2.24, 2.45) is 5.73 Å². The van der Waals surface area contributed by atoms with Gasteiger partial charge < -0.3 is 21.3 Å². The lowest BCUT2D eigenvalue weighted by Gasteiger charge is -2.36. The van der Waals surface area contributed by atoms with E-state index in [0.717, 1.165) is 9.13 Å². The fourth-order valence-electron chi connectivity index (χ4n) is 5.32. The van der Waals surface area contributed by atoms with Gasteiger partial charge in [0.15, 0.2) is 0 Å². The molecule has 2 amide bonds. The second kappa shape index (κ2) is 14.1. The predicted molar refractivity (Wildman–Crippen MR) is 171 cm³/mol. The number of hydrogen-bond acceptors (Lipinski definition) is 4. The molecule has 7 heteroatoms. The van der Waals surface area contributed by atoms with E-state index >= 15 is 0 Å². The third kappa shape index (κ3) is 8.02. The third-order valence-electron chi connectivity index (χ3n) is 7.58. The molecule has 1 aliphatic rings.